The van der Waals surface area contributed by atoms with E-state index in [0.717, 1.165) is 5.56 Å². The number of H-pyrrole nitrogens is 1. The molecule has 0 spiro atoms. The molecule has 0 radical (unpaired) electrons. The van der Waals surface area contributed by atoms with Crippen molar-refractivity contribution in [2.45, 2.75) is 31.5 Å². The summed E-state index contributed by atoms with van der Waals surface area (Å²) in [6.07, 6.45) is -0.860. The number of rotatable bonds is 6. The van der Waals surface area contributed by atoms with Crippen molar-refractivity contribution in [2.75, 3.05) is 6.61 Å². The molecule has 1 saturated carbocycles. The molecule has 0 aliphatic heterocycles. The van der Waals surface area contributed by atoms with Crippen LogP contribution >= 0.6 is 0 Å². The zero-order valence-electron chi connectivity index (χ0n) is 16.0. The molecule has 1 amide bonds. The quantitative estimate of drug-likeness (QED) is 0.571. The molecular weight excluding hydrogens is 402 g/mol. The predicted molar refractivity (Wildman–Crippen MR) is 101 cm³/mol. The van der Waals surface area contributed by atoms with Gasteiger partial charge in [0.05, 0.1) is 17.9 Å². The van der Waals surface area contributed by atoms with Crippen LogP contribution in [0.15, 0.2) is 42.7 Å². The van der Waals surface area contributed by atoms with E-state index >= 15 is 0 Å². The number of halogens is 4. The lowest BCUT2D eigenvalue weighted by Crippen LogP contribution is -2.29. The van der Waals surface area contributed by atoms with Crippen molar-refractivity contribution < 1.29 is 27.1 Å². The Hall–Kier alpha value is -3.10. The first-order valence-corrected chi connectivity index (χ1v) is 9.44. The fraction of sp³-hybridized carbons (Fsp3) is 0.333. The van der Waals surface area contributed by atoms with E-state index in [1.165, 1.54) is 24.4 Å². The Morgan fingerprint density at radius 2 is 2.13 bits per heavy atom. The highest BCUT2D eigenvalue weighted by Crippen LogP contribution is 2.50. The van der Waals surface area contributed by atoms with E-state index in [4.69, 9.17) is 0 Å². The van der Waals surface area contributed by atoms with Gasteiger partial charge in [-0.05, 0) is 49.1 Å². The van der Waals surface area contributed by atoms with Crippen LogP contribution in [0.1, 0.15) is 36.6 Å². The highest BCUT2D eigenvalue weighted by Gasteiger charge is 2.45. The molecule has 2 N–H and O–H groups in total. The number of alkyl halides is 3. The van der Waals surface area contributed by atoms with Crippen LogP contribution in [0.5, 0.6) is 5.75 Å². The van der Waals surface area contributed by atoms with E-state index in [0.29, 0.717) is 23.0 Å². The standard InChI is InChI=1S/C21H19F4N3O2/c1-11(17-6-5-12(8-26-17)30-10-21(23,24)25)28-20(29)14-7-13(14)15-9-27-18-4-2-3-16(22)19(15)18/h2-6,8-9,11,13-14,27H,7,10H2,1H3,(H,28,29)/t11-,13-,14-/m1/s1. The Morgan fingerprint density at radius 3 is 2.83 bits per heavy atom. The van der Waals surface area contributed by atoms with Gasteiger partial charge in [0, 0.05) is 23.0 Å². The summed E-state index contributed by atoms with van der Waals surface area (Å²) >= 11 is 0. The second kappa shape index (κ2) is 7.62. The second-order valence-electron chi connectivity index (χ2n) is 7.41. The molecule has 1 fully saturated rings. The molecule has 1 aliphatic rings. The van der Waals surface area contributed by atoms with E-state index in [9.17, 15) is 22.4 Å². The van der Waals surface area contributed by atoms with Crippen LogP contribution in [0.25, 0.3) is 10.9 Å². The average Bonchev–Trinajstić information content (AvgIpc) is 3.38. The Balaban J connectivity index is 1.36. The molecule has 1 aromatic carbocycles. The van der Waals surface area contributed by atoms with Gasteiger partial charge in [-0.15, -0.1) is 0 Å². The van der Waals surface area contributed by atoms with Crippen LogP contribution in [-0.4, -0.2) is 28.7 Å². The van der Waals surface area contributed by atoms with Crippen molar-refractivity contribution in [2.24, 2.45) is 5.92 Å². The normalized spacial score (nSPS) is 19.5. The summed E-state index contributed by atoms with van der Waals surface area (Å²) in [7, 11) is 0. The smallest absolute Gasteiger partial charge is 0.422 e. The minimum Gasteiger partial charge on any atom is -0.483 e. The molecule has 5 nitrogen and oxygen atoms in total. The first-order chi connectivity index (χ1) is 14.2. The van der Waals surface area contributed by atoms with Gasteiger partial charge in [-0.3, -0.25) is 9.78 Å². The maximum atomic E-state index is 14.2. The number of hydrogen-bond donors (Lipinski definition) is 2. The van der Waals surface area contributed by atoms with Gasteiger partial charge in [0.25, 0.3) is 0 Å². The number of benzene rings is 1. The molecule has 30 heavy (non-hydrogen) atoms. The van der Waals surface area contributed by atoms with Gasteiger partial charge >= 0.3 is 6.18 Å². The molecule has 1 aliphatic carbocycles. The van der Waals surface area contributed by atoms with Gasteiger partial charge in [-0.1, -0.05) is 6.07 Å². The molecule has 9 heteroatoms. The van der Waals surface area contributed by atoms with Gasteiger partial charge in [-0.2, -0.15) is 13.2 Å². The van der Waals surface area contributed by atoms with Crippen molar-refractivity contribution in [3.05, 3.63) is 59.8 Å². The minimum absolute atomic E-state index is 0.00165. The molecule has 2 heterocycles. The zero-order valence-corrected chi connectivity index (χ0v) is 16.0. The Bertz CT molecular complexity index is 1060. The first kappa shape index (κ1) is 20.2. The summed E-state index contributed by atoms with van der Waals surface area (Å²) in [5.41, 5.74) is 1.99. The van der Waals surface area contributed by atoms with Crippen molar-refractivity contribution >= 4 is 16.8 Å². The molecule has 0 unspecified atom stereocenters. The number of aromatic amines is 1. The minimum atomic E-state index is -4.42. The number of pyridine rings is 1. The summed E-state index contributed by atoms with van der Waals surface area (Å²) in [5, 5.41) is 3.38. The highest BCUT2D eigenvalue weighted by atomic mass is 19.4. The van der Waals surface area contributed by atoms with Gasteiger partial charge in [-0.25, -0.2) is 4.39 Å². The maximum Gasteiger partial charge on any atom is 0.422 e. The van der Waals surface area contributed by atoms with Crippen LogP contribution in [0.2, 0.25) is 0 Å². The fourth-order valence-electron chi connectivity index (χ4n) is 3.58. The van der Waals surface area contributed by atoms with Crippen molar-refractivity contribution in [1.29, 1.82) is 0 Å². The molecule has 0 saturated heterocycles. The van der Waals surface area contributed by atoms with Crippen molar-refractivity contribution in [3.8, 4) is 5.75 Å². The van der Waals surface area contributed by atoms with Crippen LogP contribution < -0.4 is 10.1 Å². The van der Waals surface area contributed by atoms with E-state index in [2.05, 4.69) is 20.0 Å². The Morgan fingerprint density at radius 1 is 1.33 bits per heavy atom. The molecular formula is C21H19F4N3O2. The third-order valence-electron chi connectivity index (χ3n) is 5.18. The summed E-state index contributed by atoms with van der Waals surface area (Å²) in [6.45, 7) is 0.344. The number of carbonyl (C=O) groups excluding carboxylic acids is 1. The SMILES string of the molecule is C[C@@H](NC(=O)[C@@H]1C[C@H]1c1c[nH]c2cccc(F)c12)c1ccc(OCC(F)(F)F)cn1. The maximum absolute atomic E-state index is 14.2. The molecule has 4 rings (SSSR count). The van der Waals surface area contributed by atoms with Crippen molar-refractivity contribution in [3.63, 3.8) is 0 Å². The summed E-state index contributed by atoms with van der Waals surface area (Å²) < 4.78 is 55.4. The number of amides is 1. The third-order valence-corrected chi connectivity index (χ3v) is 5.18. The van der Waals surface area contributed by atoms with E-state index in [1.54, 1.807) is 25.3 Å². The summed E-state index contributed by atoms with van der Waals surface area (Å²) in [4.78, 5) is 19.7. The van der Waals surface area contributed by atoms with Crippen molar-refractivity contribution in [1.82, 2.24) is 15.3 Å². The van der Waals surface area contributed by atoms with Crippen LogP contribution in [0.3, 0.4) is 0 Å². The zero-order chi connectivity index (χ0) is 21.5. The lowest BCUT2D eigenvalue weighted by atomic mass is 10.1. The van der Waals surface area contributed by atoms with Crippen LogP contribution in [0, 0.1) is 11.7 Å². The lowest BCUT2D eigenvalue weighted by Gasteiger charge is -2.14. The summed E-state index contributed by atoms with van der Waals surface area (Å²) in [6, 6.07) is 7.27. The molecule has 3 aromatic rings. The predicted octanol–water partition coefficient (Wildman–Crippen LogP) is 4.62. The third kappa shape index (κ3) is 4.24. The van der Waals surface area contributed by atoms with Gasteiger partial charge in [0.15, 0.2) is 6.61 Å². The van der Waals surface area contributed by atoms with E-state index in [1.807, 2.05) is 0 Å². The number of ether oxygens (including phenoxy) is 1. The molecule has 3 atom stereocenters. The van der Waals surface area contributed by atoms with E-state index < -0.39 is 18.8 Å². The number of fused-ring (bicyclic) bond motifs is 1. The van der Waals surface area contributed by atoms with Crippen LogP contribution in [-0.2, 0) is 4.79 Å². The molecule has 2 aromatic heterocycles. The highest BCUT2D eigenvalue weighted by molar-refractivity contribution is 5.88. The number of aromatic nitrogens is 2. The number of nitrogens with zero attached hydrogens (tertiary/aromatic N) is 1. The van der Waals surface area contributed by atoms with Gasteiger partial charge in [0.1, 0.15) is 11.6 Å². The Labute approximate surface area is 169 Å². The second-order valence-corrected chi connectivity index (χ2v) is 7.41. The monoisotopic (exact) mass is 421 g/mol. The fourth-order valence-corrected chi connectivity index (χ4v) is 3.58. The molecule has 0 bridgehead atoms. The number of hydrogen-bond acceptors (Lipinski definition) is 3. The number of carbonyl (C=O) groups is 1. The Kier molecular flexibility index (Phi) is 5.13. The van der Waals surface area contributed by atoms with E-state index in [-0.39, 0.29) is 29.3 Å². The average molecular weight is 421 g/mol. The van der Waals surface area contributed by atoms with Gasteiger partial charge < -0.3 is 15.0 Å². The van der Waals surface area contributed by atoms with Crippen LogP contribution in [0.4, 0.5) is 17.6 Å². The first-order valence-electron chi connectivity index (χ1n) is 9.44. The largest absolute Gasteiger partial charge is 0.483 e. The molecule has 158 valence electrons. The summed E-state index contributed by atoms with van der Waals surface area (Å²) in [5.74, 6) is -0.815. The lowest BCUT2D eigenvalue weighted by molar-refractivity contribution is -0.153. The topological polar surface area (TPSA) is 67.0 Å². The van der Waals surface area contributed by atoms with Gasteiger partial charge in [0.2, 0.25) is 5.91 Å². The number of nitrogens with one attached hydrogen (secondary N) is 2.